The Kier molecular flexibility index (Phi) is 16.5. The van der Waals surface area contributed by atoms with Crippen molar-refractivity contribution in [3.63, 3.8) is 0 Å². The molecule has 1 rings (SSSR count). The van der Waals surface area contributed by atoms with E-state index in [4.69, 9.17) is 0 Å². The van der Waals surface area contributed by atoms with E-state index in [1.54, 1.807) is 0 Å². The maximum atomic E-state index is 11.9. The van der Waals surface area contributed by atoms with Crippen LogP contribution in [0, 0.1) is 0 Å². The van der Waals surface area contributed by atoms with Crippen molar-refractivity contribution >= 4 is 11.6 Å². The summed E-state index contributed by atoms with van der Waals surface area (Å²) in [6, 6.07) is 9.49. The molecule has 3 nitrogen and oxygen atoms in total. The summed E-state index contributed by atoms with van der Waals surface area (Å²) in [5.41, 5.74) is 0.818. The Balaban J connectivity index is 1.83. The zero-order chi connectivity index (χ0) is 21.0. The minimum absolute atomic E-state index is 0.0174. The third kappa shape index (κ3) is 16.2. The number of rotatable bonds is 19. The molecule has 1 atom stereocenters. The molecule has 0 bridgehead atoms. The number of amides is 1. The molecule has 1 aromatic carbocycles. The van der Waals surface area contributed by atoms with E-state index in [0.29, 0.717) is 12.8 Å². The van der Waals surface area contributed by atoms with Crippen molar-refractivity contribution in [2.75, 3.05) is 5.32 Å². The number of hydrogen-bond donors (Lipinski definition) is 2. The minimum atomic E-state index is -0.353. The van der Waals surface area contributed by atoms with Crippen LogP contribution in [-0.4, -0.2) is 17.1 Å². The summed E-state index contributed by atoms with van der Waals surface area (Å²) in [5.74, 6) is -0.0174. The highest BCUT2D eigenvalue weighted by atomic mass is 16.3. The molecule has 1 aromatic rings. The quantitative estimate of drug-likeness (QED) is 0.233. The van der Waals surface area contributed by atoms with Gasteiger partial charge in [0.1, 0.15) is 0 Å². The van der Waals surface area contributed by atoms with Crippen LogP contribution in [0.15, 0.2) is 30.3 Å². The maximum absolute atomic E-state index is 11.9. The van der Waals surface area contributed by atoms with Gasteiger partial charge in [-0.2, -0.15) is 0 Å². The van der Waals surface area contributed by atoms with Gasteiger partial charge in [-0.15, -0.1) is 0 Å². The third-order valence-corrected chi connectivity index (χ3v) is 5.65. The standard InChI is InChI=1S/C26H45NO2/c1-2-3-4-5-6-7-8-9-10-11-12-13-14-18-21-25(28)22-23-26(29)27-24-19-16-15-17-20-24/h15-17,19-20,25,28H,2-14,18,21-23H2,1H3,(H,27,29). The number of carbonyl (C=O) groups is 1. The van der Waals surface area contributed by atoms with Gasteiger partial charge in [0.2, 0.25) is 5.91 Å². The van der Waals surface area contributed by atoms with E-state index in [9.17, 15) is 9.90 Å². The van der Waals surface area contributed by atoms with Gasteiger partial charge >= 0.3 is 0 Å². The van der Waals surface area contributed by atoms with Crippen LogP contribution >= 0.6 is 0 Å². The summed E-state index contributed by atoms with van der Waals surface area (Å²) in [4.78, 5) is 11.9. The summed E-state index contributed by atoms with van der Waals surface area (Å²) in [6.07, 6.45) is 20.3. The average Bonchev–Trinajstić information content (AvgIpc) is 2.73. The molecule has 0 fully saturated rings. The normalized spacial score (nSPS) is 12.1. The van der Waals surface area contributed by atoms with Crippen molar-refractivity contribution in [3.05, 3.63) is 30.3 Å². The highest BCUT2D eigenvalue weighted by molar-refractivity contribution is 5.90. The number of aliphatic hydroxyl groups is 1. The van der Waals surface area contributed by atoms with Crippen molar-refractivity contribution in [2.45, 2.75) is 122 Å². The van der Waals surface area contributed by atoms with Crippen molar-refractivity contribution in [1.29, 1.82) is 0 Å². The van der Waals surface area contributed by atoms with Crippen molar-refractivity contribution < 1.29 is 9.90 Å². The Morgan fingerprint density at radius 3 is 1.76 bits per heavy atom. The molecule has 0 aromatic heterocycles. The van der Waals surface area contributed by atoms with Gasteiger partial charge in [0.05, 0.1) is 6.10 Å². The van der Waals surface area contributed by atoms with Crippen molar-refractivity contribution in [1.82, 2.24) is 0 Å². The van der Waals surface area contributed by atoms with Crippen molar-refractivity contribution in [2.24, 2.45) is 0 Å². The number of carbonyl (C=O) groups excluding carboxylic acids is 1. The fraction of sp³-hybridized carbons (Fsp3) is 0.731. The van der Waals surface area contributed by atoms with E-state index < -0.39 is 0 Å². The molecule has 0 aliphatic heterocycles. The molecule has 0 aliphatic rings. The van der Waals surface area contributed by atoms with Crippen molar-refractivity contribution in [3.8, 4) is 0 Å². The lowest BCUT2D eigenvalue weighted by Gasteiger charge is -2.10. The minimum Gasteiger partial charge on any atom is -0.393 e. The summed E-state index contributed by atoms with van der Waals surface area (Å²) in [5, 5.41) is 12.9. The first-order valence-electron chi connectivity index (χ1n) is 12.3. The number of unbranched alkanes of at least 4 members (excludes halogenated alkanes) is 13. The van der Waals surface area contributed by atoms with E-state index in [1.165, 1.54) is 83.5 Å². The smallest absolute Gasteiger partial charge is 0.224 e. The molecule has 29 heavy (non-hydrogen) atoms. The monoisotopic (exact) mass is 403 g/mol. The number of benzene rings is 1. The summed E-state index contributed by atoms with van der Waals surface area (Å²) in [7, 11) is 0. The molecule has 0 aliphatic carbocycles. The highest BCUT2D eigenvalue weighted by Crippen LogP contribution is 2.15. The SMILES string of the molecule is CCCCCCCCCCCCCCCCC(O)CCC(=O)Nc1ccccc1. The molecule has 166 valence electrons. The fourth-order valence-electron chi connectivity index (χ4n) is 3.76. The summed E-state index contributed by atoms with van der Waals surface area (Å²) in [6.45, 7) is 2.27. The average molecular weight is 404 g/mol. The molecule has 0 saturated carbocycles. The lowest BCUT2D eigenvalue weighted by atomic mass is 10.0. The molecular formula is C26H45NO2. The van der Waals surface area contributed by atoms with Gasteiger partial charge in [-0.05, 0) is 25.0 Å². The Labute approximate surface area is 179 Å². The molecule has 2 N–H and O–H groups in total. The summed E-state index contributed by atoms with van der Waals surface area (Å²) >= 11 is 0. The number of para-hydroxylation sites is 1. The molecule has 0 saturated heterocycles. The lowest BCUT2D eigenvalue weighted by Crippen LogP contribution is -2.15. The zero-order valence-electron chi connectivity index (χ0n) is 18.8. The van der Waals surface area contributed by atoms with Gasteiger partial charge in [-0.25, -0.2) is 0 Å². The highest BCUT2D eigenvalue weighted by Gasteiger charge is 2.08. The van der Waals surface area contributed by atoms with Crippen LogP contribution in [0.1, 0.15) is 116 Å². The van der Waals surface area contributed by atoms with Gasteiger partial charge < -0.3 is 10.4 Å². The first kappa shape index (κ1) is 25.7. The second kappa shape index (κ2) is 18.7. The predicted molar refractivity (Wildman–Crippen MR) is 125 cm³/mol. The molecule has 3 heteroatoms. The number of aliphatic hydroxyl groups excluding tert-OH is 1. The zero-order valence-corrected chi connectivity index (χ0v) is 18.8. The van der Waals surface area contributed by atoms with Gasteiger partial charge in [-0.1, -0.05) is 115 Å². The van der Waals surface area contributed by atoms with E-state index in [-0.39, 0.29) is 12.0 Å². The molecule has 1 unspecified atom stereocenters. The van der Waals surface area contributed by atoms with Crippen LogP contribution in [0.5, 0.6) is 0 Å². The Morgan fingerprint density at radius 1 is 0.759 bits per heavy atom. The second-order valence-corrected chi connectivity index (χ2v) is 8.49. The first-order chi connectivity index (χ1) is 14.2. The second-order valence-electron chi connectivity index (χ2n) is 8.49. The first-order valence-corrected chi connectivity index (χ1v) is 12.3. The lowest BCUT2D eigenvalue weighted by molar-refractivity contribution is -0.116. The number of hydrogen-bond acceptors (Lipinski definition) is 2. The number of nitrogens with one attached hydrogen (secondary N) is 1. The van der Waals surface area contributed by atoms with Gasteiger partial charge in [0.15, 0.2) is 0 Å². The van der Waals surface area contributed by atoms with Crippen LogP contribution in [0.25, 0.3) is 0 Å². The summed E-state index contributed by atoms with van der Waals surface area (Å²) < 4.78 is 0. The molecule has 0 radical (unpaired) electrons. The largest absolute Gasteiger partial charge is 0.393 e. The Bertz CT molecular complexity index is 489. The van der Waals surface area contributed by atoms with E-state index >= 15 is 0 Å². The van der Waals surface area contributed by atoms with E-state index in [2.05, 4.69) is 12.2 Å². The van der Waals surface area contributed by atoms with Gasteiger partial charge in [0.25, 0.3) is 0 Å². The Hall–Kier alpha value is -1.35. The van der Waals surface area contributed by atoms with Gasteiger partial charge in [-0.3, -0.25) is 4.79 Å². The predicted octanol–water partition coefficient (Wildman–Crippen LogP) is 7.64. The molecular weight excluding hydrogens is 358 g/mol. The van der Waals surface area contributed by atoms with Crippen LogP contribution in [0.2, 0.25) is 0 Å². The molecule has 1 amide bonds. The van der Waals surface area contributed by atoms with Crippen LogP contribution in [0.3, 0.4) is 0 Å². The molecule has 0 spiro atoms. The maximum Gasteiger partial charge on any atom is 0.224 e. The fourth-order valence-corrected chi connectivity index (χ4v) is 3.76. The third-order valence-electron chi connectivity index (χ3n) is 5.65. The van der Waals surface area contributed by atoms with E-state index in [0.717, 1.165) is 18.5 Å². The van der Waals surface area contributed by atoms with Crippen LogP contribution in [0.4, 0.5) is 5.69 Å². The van der Waals surface area contributed by atoms with Crippen LogP contribution in [-0.2, 0) is 4.79 Å². The molecule has 0 heterocycles. The van der Waals surface area contributed by atoms with E-state index in [1.807, 2.05) is 30.3 Å². The van der Waals surface area contributed by atoms with Gasteiger partial charge in [0, 0.05) is 12.1 Å². The topological polar surface area (TPSA) is 49.3 Å². The number of anilines is 1. The Morgan fingerprint density at radius 2 is 1.24 bits per heavy atom. The van der Waals surface area contributed by atoms with Crippen LogP contribution < -0.4 is 5.32 Å².